The van der Waals surface area contributed by atoms with E-state index in [-0.39, 0.29) is 6.04 Å². The van der Waals surface area contributed by atoms with Gasteiger partial charge in [0.05, 0.1) is 0 Å². The van der Waals surface area contributed by atoms with E-state index >= 15 is 0 Å². The van der Waals surface area contributed by atoms with Crippen molar-refractivity contribution in [1.29, 1.82) is 0 Å². The molecule has 0 radical (unpaired) electrons. The van der Waals surface area contributed by atoms with Crippen LogP contribution in [0.4, 0.5) is 0 Å². The van der Waals surface area contributed by atoms with Gasteiger partial charge in [0.1, 0.15) is 0 Å². The molecule has 0 spiro atoms. The largest absolute Gasteiger partial charge is 0.323 e. The number of aryl methyl sites for hydroxylation is 1. The molecule has 1 aliphatic rings. The highest BCUT2D eigenvalue weighted by Crippen LogP contribution is 2.34. The van der Waals surface area contributed by atoms with E-state index < -0.39 is 0 Å². The van der Waals surface area contributed by atoms with Gasteiger partial charge in [-0.1, -0.05) is 43.2 Å². The second kappa shape index (κ2) is 5.65. The summed E-state index contributed by atoms with van der Waals surface area (Å²) in [5.41, 5.74) is 8.70. The monoisotopic (exact) mass is 232 g/mol. The van der Waals surface area contributed by atoms with Gasteiger partial charge in [0.2, 0.25) is 0 Å². The van der Waals surface area contributed by atoms with Crippen LogP contribution < -0.4 is 11.1 Å². The van der Waals surface area contributed by atoms with Crippen LogP contribution in [0.1, 0.15) is 43.4 Å². The van der Waals surface area contributed by atoms with Crippen molar-refractivity contribution in [1.82, 2.24) is 5.32 Å². The summed E-state index contributed by atoms with van der Waals surface area (Å²) in [7, 11) is 0. The quantitative estimate of drug-likeness (QED) is 0.791. The summed E-state index contributed by atoms with van der Waals surface area (Å²) in [4.78, 5) is 0. The van der Waals surface area contributed by atoms with E-state index in [1.807, 2.05) is 0 Å². The van der Waals surface area contributed by atoms with Gasteiger partial charge in [0, 0.05) is 18.6 Å². The number of nitrogens with one attached hydrogen (secondary N) is 1. The normalized spacial score (nSPS) is 24.6. The lowest BCUT2D eigenvalue weighted by atomic mass is 10.1. The van der Waals surface area contributed by atoms with Crippen LogP contribution in [0.2, 0.25) is 0 Å². The van der Waals surface area contributed by atoms with Crippen LogP contribution >= 0.6 is 0 Å². The molecule has 0 saturated heterocycles. The van der Waals surface area contributed by atoms with E-state index in [1.54, 1.807) is 0 Å². The maximum absolute atomic E-state index is 6.18. The Morgan fingerprint density at radius 1 is 1.35 bits per heavy atom. The summed E-state index contributed by atoms with van der Waals surface area (Å²) >= 11 is 0. The highest BCUT2D eigenvalue weighted by atomic mass is 15.0. The molecule has 3 N–H and O–H groups in total. The van der Waals surface area contributed by atoms with E-state index in [0.717, 1.165) is 18.5 Å². The van der Waals surface area contributed by atoms with Gasteiger partial charge in [-0.05, 0) is 31.2 Å². The molecule has 0 heterocycles. The summed E-state index contributed by atoms with van der Waals surface area (Å²) < 4.78 is 0. The lowest BCUT2D eigenvalue weighted by Crippen LogP contribution is -2.29. The van der Waals surface area contributed by atoms with Crippen LogP contribution in [0.3, 0.4) is 0 Å². The predicted molar refractivity (Wildman–Crippen MR) is 72.9 cm³/mol. The third-order valence-electron chi connectivity index (χ3n) is 3.69. The summed E-state index contributed by atoms with van der Waals surface area (Å²) in [6.07, 6.45) is 4.00. The zero-order valence-electron chi connectivity index (χ0n) is 10.9. The molecule has 1 saturated carbocycles. The summed E-state index contributed by atoms with van der Waals surface area (Å²) in [5, 5.41) is 3.58. The molecule has 2 heteroatoms. The summed E-state index contributed by atoms with van der Waals surface area (Å²) in [5.74, 6) is 0.908. The van der Waals surface area contributed by atoms with Gasteiger partial charge in [0.25, 0.3) is 0 Å². The van der Waals surface area contributed by atoms with Crippen molar-refractivity contribution in [2.75, 3.05) is 6.54 Å². The minimum atomic E-state index is 0.124. The number of benzene rings is 1. The average molecular weight is 232 g/mol. The standard InChI is InChI=1S/C15H24N2/c1-3-4-13-9-15(13)17-10-14(16)12-7-5-11(2)6-8-12/h5-8,13-15,17H,3-4,9-10,16H2,1-2H3. The van der Waals surface area contributed by atoms with E-state index in [1.165, 1.54) is 30.4 Å². The van der Waals surface area contributed by atoms with Crippen LogP contribution in [-0.2, 0) is 0 Å². The lowest BCUT2D eigenvalue weighted by Gasteiger charge is -2.13. The van der Waals surface area contributed by atoms with Crippen LogP contribution in [-0.4, -0.2) is 12.6 Å². The minimum Gasteiger partial charge on any atom is -0.323 e. The van der Waals surface area contributed by atoms with Crippen molar-refractivity contribution in [3.05, 3.63) is 35.4 Å². The Morgan fingerprint density at radius 2 is 2.06 bits per heavy atom. The van der Waals surface area contributed by atoms with Gasteiger partial charge in [-0.15, -0.1) is 0 Å². The second-order valence-corrected chi connectivity index (χ2v) is 5.32. The van der Waals surface area contributed by atoms with Crippen LogP contribution in [0.15, 0.2) is 24.3 Å². The third kappa shape index (κ3) is 3.55. The second-order valence-electron chi connectivity index (χ2n) is 5.32. The van der Waals surface area contributed by atoms with Crippen molar-refractivity contribution >= 4 is 0 Å². The van der Waals surface area contributed by atoms with Gasteiger partial charge in [-0.25, -0.2) is 0 Å². The number of hydrogen-bond donors (Lipinski definition) is 2. The molecule has 17 heavy (non-hydrogen) atoms. The Bertz CT molecular complexity index is 344. The Labute approximate surface area is 105 Å². The van der Waals surface area contributed by atoms with E-state index in [4.69, 9.17) is 5.73 Å². The zero-order chi connectivity index (χ0) is 12.3. The Morgan fingerprint density at radius 3 is 2.71 bits per heavy atom. The molecule has 2 rings (SSSR count). The first-order chi connectivity index (χ1) is 8.20. The van der Waals surface area contributed by atoms with E-state index in [2.05, 4.69) is 43.4 Å². The molecule has 1 aromatic rings. The molecule has 0 aliphatic heterocycles. The van der Waals surface area contributed by atoms with Crippen molar-refractivity contribution < 1.29 is 0 Å². The topological polar surface area (TPSA) is 38.0 Å². The fraction of sp³-hybridized carbons (Fsp3) is 0.600. The first kappa shape index (κ1) is 12.6. The van der Waals surface area contributed by atoms with Gasteiger partial charge in [-0.2, -0.15) is 0 Å². The summed E-state index contributed by atoms with van der Waals surface area (Å²) in [6.45, 7) is 5.26. The highest BCUT2D eigenvalue weighted by Gasteiger charge is 2.35. The Hall–Kier alpha value is -0.860. The SMILES string of the molecule is CCCC1CC1NCC(N)c1ccc(C)cc1. The number of rotatable bonds is 6. The molecule has 0 bridgehead atoms. The molecule has 1 aliphatic carbocycles. The lowest BCUT2D eigenvalue weighted by molar-refractivity contribution is 0.555. The van der Waals surface area contributed by atoms with Crippen molar-refractivity contribution in [2.24, 2.45) is 11.7 Å². The molecule has 3 unspecified atom stereocenters. The molecule has 0 amide bonds. The van der Waals surface area contributed by atoms with Crippen LogP contribution in [0.5, 0.6) is 0 Å². The molecule has 0 aromatic heterocycles. The van der Waals surface area contributed by atoms with Crippen molar-refractivity contribution in [2.45, 2.75) is 45.2 Å². The third-order valence-corrected chi connectivity index (χ3v) is 3.69. The minimum absolute atomic E-state index is 0.124. The molecule has 3 atom stereocenters. The molecule has 1 aromatic carbocycles. The molecular weight excluding hydrogens is 208 g/mol. The Kier molecular flexibility index (Phi) is 4.19. The first-order valence-electron chi connectivity index (χ1n) is 6.76. The van der Waals surface area contributed by atoms with Gasteiger partial charge in [-0.3, -0.25) is 0 Å². The fourth-order valence-electron chi connectivity index (χ4n) is 2.40. The maximum atomic E-state index is 6.18. The molecule has 1 fully saturated rings. The Balaban J connectivity index is 1.74. The highest BCUT2D eigenvalue weighted by molar-refractivity contribution is 5.24. The smallest absolute Gasteiger partial charge is 0.0421 e. The molecular formula is C15H24N2. The predicted octanol–water partition coefficient (Wildman–Crippen LogP) is 2.77. The zero-order valence-corrected chi connectivity index (χ0v) is 10.9. The maximum Gasteiger partial charge on any atom is 0.0421 e. The van der Waals surface area contributed by atoms with Gasteiger partial charge < -0.3 is 11.1 Å². The fourth-order valence-corrected chi connectivity index (χ4v) is 2.40. The number of hydrogen-bond acceptors (Lipinski definition) is 2. The van der Waals surface area contributed by atoms with Crippen molar-refractivity contribution in [3.63, 3.8) is 0 Å². The summed E-state index contributed by atoms with van der Waals surface area (Å²) in [6, 6.07) is 9.39. The van der Waals surface area contributed by atoms with Crippen LogP contribution in [0, 0.1) is 12.8 Å². The van der Waals surface area contributed by atoms with Gasteiger partial charge >= 0.3 is 0 Å². The van der Waals surface area contributed by atoms with Crippen LogP contribution in [0.25, 0.3) is 0 Å². The molecule has 2 nitrogen and oxygen atoms in total. The number of nitrogens with two attached hydrogens (primary N) is 1. The molecule has 94 valence electrons. The first-order valence-corrected chi connectivity index (χ1v) is 6.76. The van der Waals surface area contributed by atoms with E-state index in [9.17, 15) is 0 Å². The van der Waals surface area contributed by atoms with Crippen molar-refractivity contribution in [3.8, 4) is 0 Å². The van der Waals surface area contributed by atoms with E-state index in [0.29, 0.717) is 0 Å². The van der Waals surface area contributed by atoms with Gasteiger partial charge in [0.15, 0.2) is 0 Å². The average Bonchev–Trinajstić information content (AvgIpc) is 3.06.